The molecule has 0 spiro atoms. The average molecular weight is 304 g/mol. The number of hydrogen-bond donors (Lipinski definition) is 1. The van der Waals surface area contributed by atoms with Gasteiger partial charge in [0.1, 0.15) is 17.6 Å². The number of nitrogens with zero attached hydrogens (tertiary/aromatic N) is 2. The Hall–Kier alpha value is -2.59. The minimum atomic E-state index is -1.55. The Morgan fingerprint density at radius 1 is 1.38 bits per heavy atom. The molecular weight excluding hydrogens is 295 g/mol. The number of benzene rings is 1. The number of halogens is 1. The summed E-state index contributed by atoms with van der Waals surface area (Å²) in [6.07, 6.45) is 1.43. The van der Waals surface area contributed by atoms with E-state index in [0.717, 1.165) is 12.1 Å². The van der Waals surface area contributed by atoms with E-state index in [1.54, 1.807) is 6.07 Å². The summed E-state index contributed by atoms with van der Waals surface area (Å²) in [5, 5.41) is 17.6. The van der Waals surface area contributed by atoms with Gasteiger partial charge in [0.15, 0.2) is 0 Å². The number of carboxylic acids is 1. The van der Waals surface area contributed by atoms with Crippen molar-refractivity contribution >= 4 is 16.8 Å². The first-order valence-corrected chi connectivity index (χ1v) is 7.09. The molecule has 1 unspecified atom stereocenters. The lowest BCUT2D eigenvalue weighted by Gasteiger charge is -2.05. The second-order valence-electron chi connectivity index (χ2n) is 4.10. The van der Waals surface area contributed by atoms with Gasteiger partial charge in [0, 0.05) is 11.1 Å². The maximum Gasteiger partial charge on any atom is 0.338 e. The third kappa shape index (κ3) is 3.49. The molecule has 0 aliphatic rings. The van der Waals surface area contributed by atoms with E-state index in [1.165, 1.54) is 18.3 Å². The van der Waals surface area contributed by atoms with Crippen LogP contribution in [0.5, 0.6) is 0 Å². The predicted molar refractivity (Wildman–Crippen MR) is 72.4 cm³/mol. The number of aromatic carboxylic acids is 1. The van der Waals surface area contributed by atoms with Crippen LogP contribution >= 0.6 is 0 Å². The van der Waals surface area contributed by atoms with Crippen LogP contribution in [0.25, 0.3) is 0 Å². The van der Waals surface area contributed by atoms with E-state index >= 15 is 0 Å². The van der Waals surface area contributed by atoms with Gasteiger partial charge in [-0.15, -0.1) is 0 Å². The van der Waals surface area contributed by atoms with Gasteiger partial charge in [0.05, 0.1) is 22.1 Å². The van der Waals surface area contributed by atoms with Gasteiger partial charge in [0.2, 0.25) is 0 Å². The highest BCUT2D eigenvalue weighted by molar-refractivity contribution is 7.84. The zero-order chi connectivity index (χ0) is 15.4. The van der Waals surface area contributed by atoms with Crippen molar-refractivity contribution in [3.05, 3.63) is 59.2 Å². The smallest absolute Gasteiger partial charge is 0.338 e. The highest BCUT2D eigenvalue weighted by Crippen LogP contribution is 2.17. The summed E-state index contributed by atoms with van der Waals surface area (Å²) < 4.78 is 25.5. The third-order valence-corrected chi connectivity index (χ3v) is 4.04. The molecule has 1 heterocycles. The second-order valence-corrected chi connectivity index (χ2v) is 5.55. The minimum absolute atomic E-state index is 0.0852. The number of carbonyl (C=O) groups is 1. The van der Waals surface area contributed by atoms with Crippen molar-refractivity contribution in [2.75, 3.05) is 0 Å². The molecule has 21 heavy (non-hydrogen) atoms. The van der Waals surface area contributed by atoms with Gasteiger partial charge < -0.3 is 5.11 Å². The van der Waals surface area contributed by atoms with Gasteiger partial charge in [-0.1, -0.05) is 0 Å². The first kappa shape index (κ1) is 14.8. The average Bonchev–Trinajstić information content (AvgIpc) is 2.47. The van der Waals surface area contributed by atoms with E-state index in [0.29, 0.717) is 5.56 Å². The Balaban J connectivity index is 2.26. The fourth-order valence-electron chi connectivity index (χ4n) is 1.67. The van der Waals surface area contributed by atoms with Gasteiger partial charge >= 0.3 is 5.97 Å². The lowest BCUT2D eigenvalue weighted by molar-refractivity contribution is 0.0691. The van der Waals surface area contributed by atoms with E-state index in [9.17, 15) is 13.4 Å². The quantitative estimate of drug-likeness (QED) is 0.934. The van der Waals surface area contributed by atoms with Gasteiger partial charge in [0.25, 0.3) is 0 Å². The van der Waals surface area contributed by atoms with Crippen LogP contribution in [-0.2, 0) is 16.6 Å². The molecule has 2 rings (SSSR count). The molecule has 1 N–H and O–H groups in total. The van der Waals surface area contributed by atoms with E-state index in [1.807, 2.05) is 6.07 Å². The summed E-state index contributed by atoms with van der Waals surface area (Å²) >= 11 is 0. The maximum absolute atomic E-state index is 13.3. The lowest BCUT2D eigenvalue weighted by Crippen LogP contribution is -2.04. The van der Waals surface area contributed by atoms with Gasteiger partial charge in [-0.25, -0.2) is 14.2 Å². The molecule has 0 saturated carbocycles. The topological polar surface area (TPSA) is 91.0 Å². The molecule has 0 amide bonds. The predicted octanol–water partition coefficient (Wildman–Crippen LogP) is 2.10. The van der Waals surface area contributed by atoms with Crippen molar-refractivity contribution in [3.63, 3.8) is 0 Å². The molecule has 1 aromatic carbocycles. The molecule has 2 aromatic rings. The van der Waals surface area contributed by atoms with E-state index in [4.69, 9.17) is 10.4 Å². The van der Waals surface area contributed by atoms with Gasteiger partial charge in [-0.05, 0) is 35.9 Å². The normalized spacial score (nSPS) is 11.6. The zero-order valence-corrected chi connectivity index (χ0v) is 11.4. The summed E-state index contributed by atoms with van der Waals surface area (Å²) in [6, 6.07) is 8.30. The van der Waals surface area contributed by atoms with Gasteiger partial charge in [-0.3, -0.25) is 4.21 Å². The van der Waals surface area contributed by atoms with Crippen molar-refractivity contribution < 1.29 is 18.5 Å². The Kier molecular flexibility index (Phi) is 4.40. The van der Waals surface area contributed by atoms with Crippen LogP contribution in [-0.4, -0.2) is 20.3 Å². The van der Waals surface area contributed by atoms with Gasteiger partial charge in [-0.2, -0.15) is 5.26 Å². The Morgan fingerprint density at radius 2 is 2.14 bits per heavy atom. The standard InChI is InChI=1S/C14H9FN2O3S/c15-13-2-1-11(6-12(13)14(18)19)21(20)8-9-3-4-17-10(5-9)7-16/h1-6H,8H2,(H,18,19). The molecule has 106 valence electrons. The van der Waals surface area contributed by atoms with Crippen molar-refractivity contribution in [1.29, 1.82) is 5.26 Å². The molecule has 0 aliphatic heterocycles. The summed E-state index contributed by atoms with van der Waals surface area (Å²) in [5.41, 5.74) is 0.309. The summed E-state index contributed by atoms with van der Waals surface area (Å²) in [7, 11) is -1.55. The van der Waals surface area contributed by atoms with Crippen LogP contribution in [0, 0.1) is 17.1 Å². The lowest BCUT2D eigenvalue weighted by atomic mass is 10.2. The Bertz CT molecular complexity index is 771. The van der Waals surface area contributed by atoms with E-state index in [-0.39, 0.29) is 16.3 Å². The maximum atomic E-state index is 13.3. The largest absolute Gasteiger partial charge is 0.478 e. The van der Waals surface area contributed by atoms with Crippen molar-refractivity contribution in [1.82, 2.24) is 4.98 Å². The Morgan fingerprint density at radius 3 is 2.81 bits per heavy atom. The summed E-state index contributed by atoms with van der Waals surface area (Å²) in [4.78, 5) is 14.9. The van der Waals surface area contributed by atoms with Crippen LogP contribution in [0.1, 0.15) is 21.6 Å². The number of carboxylic acid groups (broad SMARTS) is 1. The zero-order valence-electron chi connectivity index (χ0n) is 10.6. The fourth-order valence-corrected chi connectivity index (χ4v) is 2.79. The molecule has 1 atom stereocenters. The van der Waals surface area contributed by atoms with Crippen molar-refractivity contribution in [3.8, 4) is 6.07 Å². The number of nitriles is 1. The minimum Gasteiger partial charge on any atom is -0.478 e. The van der Waals surface area contributed by atoms with Crippen LogP contribution in [0.4, 0.5) is 4.39 Å². The highest BCUT2D eigenvalue weighted by Gasteiger charge is 2.14. The molecule has 7 heteroatoms. The number of aromatic nitrogens is 1. The molecule has 0 saturated heterocycles. The number of hydrogen-bond acceptors (Lipinski definition) is 4. The Labute approximate surface area is 122 Å². The second kappa shape index (κ2) is 6.24. The molecule has 5 nitrogen and oxygen atoms in total. The van der Waals surface area contributed by atoms with Crippen molar-refractivity contribution in [2.24, 2.45) is 0 Å². The first-order valence-electron chi connectivity index (χ1n) is 5.77. The molecule has 1 aromatic heterocycles. The highest BCUT2D eigenvalue weighted by atomic mass is 32.2. The molecule has 0 bridgehead atoms. The first-order chi connectivity index (χ1) is 10.0. The van der Waals surface area contributed by atoms with E-state index < -0.39 is 28.1 Å². The van der Waals surface area contributed by atoms with Crippen LogP contribution in [0.15, 0.2) is 41.4 Å². The van der Waals surface area contributed by atoms with Crippen LogP contribution in [0.2, 0.25) is 0 Å². The fraction of sp³-hybridized carbons (Fsp3) is 0.0714. The molecule has 0 radical (unpaired) electrons. The SMILES string of the molecule is N#Cc1cc(CS(=O)c2ccc(F)c(C(=O)O)c2)ccn1. The molecule has 0 fully saturated rings. The monoisotopic (exact) mass is 304 g/mol. The number of rotatable bonds is 4. The summed E-state index contributed by atoms with van der Waals surface area (Å²) in [5.74, 6) is -2.21. The van der Waals surface area contributed by atoms with Crippen molar-refractivity contribution in [2.45, 2.75) is 10.6 Å². The van der Waals surface area contributed by atoms with Crippen LogP contribution in [0.3, 0.4) is 0 Å². The summed E-state index contributed by atoms with van der Waals surface area (Å²) in [6.45, 7) is 0. The van der Waals surface area contributed by atoms with E-state index in [2.05, 4.69) is 4.98 Å². The van der Waals surface area contributed by atoms with Crippen LogP contribution < -0.4 is 0 Å². The molecular formula is C14H9FN2O3S. The number of pyridine rings is 1. The molecule has 0 aliphatic carbocycles. The third-order valence-electron chi connectivity index (χ3n) is 2.67.